The molecule has 2 rings (SSSR count). The van der Waals surface area contributed by atoms with Crippen LogP contribution >= 0.6 is 11.9 Å². The summed E-state index contributed by atoms with van der Waals surface area (Å²) < 4.78 is 0. The minimum Gasteiger partial charge on any atom is -0.333 e. The van der Waals surface area contributed by atoms with Crippen LogP contribution in [-0.2, 0) is 12.8 Å². The van der Waals surface area contributed by atoms with E-state index in [0.29, 0.717) is 0 Å². The van der Waals surface area contributed by atoms with Gasteiger partial charge in [0, 0.05) is 10.5 Å². The van der Waals surface area contributed by atoms with E-state index in [9.17, 15) is 4.79 Å². The van der Waals surface area contributed by atoms with E-state index in [4.69, 9.17) is 5.14 Å². The van der Waals surface area contributed by atoms with Crippen molar-refractivity contribution in [2.45, 2.75) is 17.7 Å². The Balaban J connectivity index is 0.000000956. The van der Waals surface area contributed by atoms with E-state index >= 15 is 0 Å². The minimum atomic E-state index is 0.779. The fourth-order valence-corrected chi connectivity index (χ4v) is 2.31. The Hall–Kier alpha value is -1.62. The molecule has 4 heteroatoms. The van der Waals surface area contributed by atoms with Crippen molar-refractivity contribution in [3.8, 4) is 0 Å². The third-order valence-electron chi connectivity index (χ3n) is 2.90. The zero-order valence-corrected chi connectivity index (χ0v) is 12.4. The van der Waals surface area contributed by atoms with Crippen molar-refractivity contribution in [2.24, 2.45) is 10.9 Å². The van der Waals surface area contributed by atoms with E-state index in [1.165, 1.54) is 24.6 Å². The number of hydrogen-bond acceptors (Lipinski definition) is 4. The van der Waals surface area contributed by atoms with Crippen LogP contribution in [0.1, 0.15) is 21.5 Å². The van der Waals surface area contributed by atoms with Gasteiger partial charge in [0.05, 0.1) is 0 Å². The second-order valence-corrected chi connectivity index (χ2v) is 4.79. The highest BCUT2D eigenvalue weighted by Gasteiger charge is 2.02. The van der Waals surface area contributed by atoms with Crippen LogP contribution in [0.5, 0.6) is 0 Å². The number of hydrogen-bond donors (Lipinski definition) is 2. The molecular weight excluding hydrogens is 268 g/mol. The molecule has 0 amide bonds. The summed E-state index contributed by atoms with van der Waals surface area (Å²) in [5.74, 6) is 0. The van der Waals surface area contributed by atoms with Gasteiger partial charge in [-0.2, -0.15) is 0 Å². The highest BCUT2D eigenvalue weighted by atomic mass is 32.2. The first-order valence-corrected chi connectivity index (χ1v) is 7.28. The Bertz CT molecular complexity index is 544. The lowest BCUT2D eigenvalue weighted by atomic mass is 10.0. The van der Waals surface area contributed by atoms with Crippen molar-refractivity contribution in [3.63, 3.8) is 0 Å². The van der Waals surface area contributed by atoms with Gasteiger partial charge in [0.15, 0.2) is 0 Å². The Kier molecular flexibility index (Phi) is 7.65. The Labute approximate surface area is 124 Å². The number of carbonyl (C=O) groups is 1. The summed E-state index contributed by atoms with van der Waals surface area (Å²) in [7, 11) is 1.50. The van der Waals surface area contributed by atoms with Crippen LogP contribution in [0.4, 0.5) is 0 Å². The molecule has 0 unspecified atom stereocenters. The van der Waals surface area contributed by atoms with Gasteiger partial charge in [-0.05, 0) is 55.1 Å². The fraction of sp³-hybridized carbons (Fsp3) is 0.188. The van der Waals surface area contributed by atoms with E-state index < -0.39 is 0 Å². The van der Waals surface area contributed by atoms with Gasteiger partial charge in [-0.15, -0.1) is 0 Å². The molecule has 3 nitrogen and oxygen atoms in total. The third-order valence-corrected chi connectivity index (χ3v) is 3.43. The summed E-state index contributed by atoms with van der Waals surface area (Å²) in [4.78, 5) is 12.0. The van der Waals surface area contributed by atoms with E-state index in [-0.39, 0.29) is 0 Å². The highest BCUT2D eigenvalue weighted by molar-refractivity contribution is 7.97. The molecule has 0 aliphatic heterocycles. The zero-order chi connectivity index (χ0) is 14.8. The van der Waals surface area contributed by atoms with Crippen molar-refractivity contribution in [1.82, 2.24) is 0 Å². The van der Waals surface area contributed by atoms with Gasteiger partial charge in [-0.25, -0.2) is 0 Å². The van der Waals surface area contributed by atoms with Gasteiger partial charge in [-0.1, -0.05) is 36.4 Å². The van der Waals surface area contributed by atoms with Crippen molar-refractivity contribution in [2.75, 3.05) is 7.05 Å². The van der Waals surface area contributed by atoms with Crippen LogP contribution < -0.4 is 10.9 Å². The van der Waals surface area contributed by atoms with E-state index in [0.717, 1.165) is 35.2 Å². The van der Waals surface area contributed by atoms with Gasteiger partial charge in [0.25, 0.3) is 0 Å². The summed E-state index contributed by atoms with van der Waals surface area (Å²) in [6, 6.07) is 15.9. The summed E-state index contributed by atoms with van der Waals surface area (Å²) in [5.41, 5.74) is 7.62. The molecule has 0 bridgehead atoms. The van der Waals surface area contributed by atoms with Gasteiger partial charge in [-0.3, -0.25) is 9.93 Å². The molecule has 106 valence electrons. The molecule has 0 saturated carbocycles. The lowest BCUT2D eigenvalue weighted by Crippen LogP contribution is -1.96. The van der Waals surface area contributed by atoms with Crippen LogP contribution in [0.15, 0.2) is 53.4 Å². The van der Waals surface area contributed by atoms with Crippen LogP contribution in [-0.4, -0.2) is 13.3 Å². The zero-order valence-electron chi connectivity index (χ0n) is 11.6. The quantitative estimate of drug-likeness (QED) is 0.655. The minimum absolute atomic E-state index is 0.779. The average molecular weight is 288 g/mol. The number of nitrogens with two attached hydrogens (primary N) is 2. The SMILES string of the molecule is CN.NSc1cccc(CCc2ccccc2C=O)c1. The van der Waals surface area contributed by atoms with Crippen LogP contribution in [0.25, 0.3) is 0 Å². The summed E-state index contributed by atoms with van der Waals surface area (Å²) in [5, 5.41) is 5.54. The summed E-state index contributed by atoms with van der Waals surface area (Å²) >= 11 is 1.26. The molecule has 0 radical (unpaired) electrons. The Morgan fingerprint density at radius 2 is 1.80 bits per heavy atom. The molecule has 0 aliphatic carbocycles. The molecule has 2 aromatic carbocycles. The molecule has 4 N–H and O–H groups in total. The maximum absolute atomic E-state index is 10.9. The first-order valence-electron chi connectivity index (χ1n) is 6.40. The maximum Gasteiger partial charge on any atom is 0.150 e. The predicted octanol–water partition coefficient (Wildman–Crippen LogP) is 2.83. The number of aryl methyl sites for hydroxylation is 2. The van der Waals surface area contributed by atoms with E-state index in [1.54, 1.807) is 0 Å². The van der Waals surface area contributed by atoms with Gasteiger partial charge < -0.3 is 5.73 Å². The normalized spacial score (nSPS) is 9.55. The highest BCUT2D eigenvalue weighted by Crippen LogP contribution is 2.16. The standard InChI is InChI=1S/C15H15NOS.CH5N/c16-18-15-7-3-4-12(10-15)8-9-13-5-1-2-6-14(13)11-17;1-2/h1-7,10-11H,8-9,16H2;2H2,1H3. The number of rotatable bonds is 5. The molecule has 2 aromatic rings. The Morgan fingerprint density at radius 1 is 1.05 bits per heavy atom. The van der Waals surface area contributed by atoms with Gasteiger partial charge in [0.1, 0.15) is 6.29 Å². The molecule has 0 atom stereocenters. The van der Waals surface area contributed by atoms with Crippen LogP contribution in [0, 0.1) is 0 Å². The van der Waals surface area contributed by atoms with Crippen molar-refractivity contribution in [3.05, 3.63) is 65.2 Å². The molecule has 0 fully saturated rings. The largest absolute Gasteiger partial charge is 0.333 e. The van der Waals surface area contributed by atoms with Crippen molar-refractivity contribution < 1.29 is 4.79 Å². The third kappa shape index (κ3) is 4.81. The smallest absolute Gasteiger partial charge is 0.150 e. The first kappa shape index (κ1) is 16.4. The second kappa shape index (κ2) is 9.31. The van der Waals surface area contributed by atoms with E-state index in [1.807, 2.05) is 36.4 Å². The molecule has 0 spiro atoms. The lowest BCUT2D eigenvalue weighted by Gasteiger charge is -2.06. The van der Waals surface area contributed by atoms with Gasteiger partial charge in [0.2, 0.25) is 0 Å². The maximum atomic E-state index is 10.9. The number of carbonyl (C=O) groups excluding carboxylic acids is 1. The van der Waals surface area contributed by atoms with Gasteiger partial charge >= 0.3 is 0 Å². The lowest BCUT2D eigenvalue weighted by molar-refractivity contribution is 0.112. The van der Waals surface area contributed by atoms with Crippen molar-refractivity contribution >= 4 is 18.2 Å². The van der Waals surface area contributed by atoms with Crippen LogP contribution in [0.2, 0.25) is 0 Å². The number of benzene rings is 2. The molecular formula is C16H20N2OS. The predicted molar refractivity (Wildman–Crippen MR) is 85.8 cm³/mol. The summed E-state index contributed by atoms with van der Waals surface area (Å²) in [6.07, 6.45) is 2.70. The monoisotopic (exact) mass is 288 g/mol. The van der Waals surface area contributed by atoms with Crippen LogP contribution in [0.3, 0.4) is 0 Å². The number of aldehydes is 1. The molecule has 0 aliphatic rings. The van der Waals surface area contributed by atoms with Crippen molar-refractivity contribution in [1.29, 1.82) is 0 Å². The average Bonchev–Trinajstić information content (AvgIpc) is 2.55. The molecule has 0 saturated heterocycles. The molecule has 0 aromatic heterocycles. The second-order valence-electron chi connectivity index (χ2n) is 4.08. The first-order chi connectivity index (χ1) is 9.83. The molecule has 0 heterocycles. The summed E-state index contributed by atoms with van der Waals surface area (Å²) in [6.45, 7) is 0. The Morgan fingerprint density at radius 3 is 2.50 bits per heavy atom. The fourth-order valence-electron chi connectivity index (χ4n) is 1.93. The topological polar surface area (TPSA) is 69.1 Å². The van der Waals surface area contributed by atoms with E-state index in [2.05, 4.69) is 17.9 Å². The molecule has 20 heavy (non-hydrogen) atoms.